The average Bonchev–Trinajstić information content (AvgIpc) is 2.99. The third kappa shape index (κ3) is 3.73. The number of hydrogen-bond acceptors (Lipinski definition) is 2. The Labute approximate surface area is 96.3 Å². The minimum atomic E-state index is -0.394. The Morgan fingerprint density at radius 1 is 1.25 bits per heavy atom. The maximum Gasteiger partial charge on any atom is 0.329 e. The first-order chi connectivity index (χ1) is 7.77. The Bertz CT molecular complexity index is 354. The summed E-state index contributed by atoms with van der Waals surface area (Å²) in [5.74, 6) is -0.394. The molecule has 0 radical (unpaired) electrons. The van der Waals surface area contributed by atoms with Crippen LogP contribution in [0.4, 0.5) is 0 Å². The number of ether oxygens (including phenoxy) is 1. The van der Waals surface area contributed by atoms with Gasteiger partial charge in [0.25, 0.3) is 0 Å². The molecule has 0 aliphatic heterocycles. The van der Waals surface area contributed by atoms with Gasteiger partial charge in [0.2, 0.25) is 0 Å². The van der Waals surface area contributed by atoms with Crippen molar-refractivity contribution in [3.8, 4) is 0 Å². The highest BCUT2D eigenvalue weighted by atomic mass is 16.5. The maximum atomic E-state index is 9.84. The van der Waals surface area contributed by atoms with E-state index in [2.05, 4.69) is 47.8 Å². The molecule has 0 saturated carbocycles. The van der Waals surface area contributed by atoms with Gasteiger partial charge in [-0.3, -0.25) is 0 Å². The number of carbonyl (C=O) groups is 1. The van der Waals surface area contributed by atoms with Gasteiger partial charge in [-0.1, -0.05) is 43.0 Å². The summed E-state index contributed by atoms with van der Waals surface area (Å²) in [7, 11) is 1.31. The maximum absolute atomic E-state index is 9.84. The van der Waals surface area contributed by atoms with Gasteiger partial charge in [0.05, 0.1) is 7.11 Å². The van der Waals surface area contributed by atoms with E-state index in [1.807, 2.05) is 0 Å². The van der Waals surface area contributed by atoms with Gasteiger partial charge in [0.15, 0.2) is 0 Å². The molecule has 0 aromatic carbocycles. The Balaban J connectivity index is 0.000000187. The summed E-state index contributed by atoms with van der Waals surface area (Å²) in [5, 5.41) is 0. The van der Waals surface area contributed by atoms with Crippen molar-refractivity contribution in [2.24, 2.45) is 0 Å². The van der Waals surface area contributed by atoms with Crippen LogP contribution in [0.1, 0.15) is 12.8 Å². The molecule has 2 aliphatic carbocycles. The monoisotopic (exact) mass is 216 g/mol. The number of esters is 1. The van der Waals surface area contributed by atoms with Gasteiger partial charge in [-0.15, -0.1) is 0 Å². The third-order valence-corrected chi connectivity index (χ3v) is 2.32. The number of carbonyl (C=O) groups excluding carboxylic acids is 1. The van der Waals surface area contributed by atoms with Gasteiger partial charge >= 0.3 is 5.97 Å². The standard InChI is InChI=1S/C10H10.C4H6O2/c1-2-6-9(5-1)10-7-3-4-8-10;1-3-4(5)6-2/h1-5,7H,6,8H2;3H,1H2,2H3. The highest BCUT2D eigenvalue weighted by Gasteiger charge is 2.05. The molecule has 0 atom stereocenters. The molecule has 0 amide bonds. The van der Waals surface area contributed by atoms with Crippen LogP contribution in [0.25, 0.3) is 0 Å². The lowest BCUT2D eigenvalue weighted by atomic mass is 10.1. The Morgan fingerprint density at radius 2 is 1.75 bits per heavy atom. The fourth-order valence-corrected chi connectivity index (χ4v) is 1.45. The zero-order valence-electron chi connectivity index (χ0n) is 9.48. The fraction of sp³-hybridized carbons (Fsp3) is 0.214. The normalized spacial score (nSPS) is 16.1. The van der Waals surface area contributed by atoms with Gasteiger partial charge in [-0.2, -0.15) is 0 Å². The summed E-state index contributed by atoms with van der Waals surface area (Å²) in [4.78, 5) is 9.84. The van der Waals surface area contributed by atoms with Crippen LogP contribution >= 0.6 is 0 Å². The van der Waals surface area contributed by atoms with Crippen molar-refractivity contribution in [3.63, 3.8) is 0 Å². The molecule has 0 heterocycles. The van der Waals surface area contributed by atoms with E-state index in [0.29, 0.717) is 0 Å². The van der Waals surface area contributed by atoms with E-state index < -0.39 is 5.97 Å². The highest BCUT2D eigenvalue weighted by Crippen LogP contribution is 2.25. The first-order valence-electron chi connectivity index (χ1n) is 5.20. The molecule has 0 bridgehead atoms. The molecule has 2 rings (SSSR count). The number of methoxy groups -OCH3 is 1. The zero-order chi connectivity index (χ0) is 11.8. The summed E-state index contributed by atoms with van der Waals surface area (Å²) < 4.78 is 4.14. The highest BCUT2D eigenvalue weighted by molar-refractivity contribution is 5.80. The molecule has 0 fully saturated rings. The van der Waals surface area contributed by atoms with Crippen molar-refractivity contribution >= 4 is 5.97 Å². The molecule has 2 nitrogen and oxygen atoms in total. The van der Waals surface area contributed by atoms with Crippen molar-refractivity contribution in [1.82, 2.24) is 0 Å². The van der Waals surface area contributed by atoms with E-state index in [1.54, 1.807) is 0 Å². The first-order valence-corrected chi connectivity index (χ1v) is 5.20. The minimum absolute atomic E-state index is 0.394. The van der Waals surface area contributed by atoms with Crippen LogP contribution in [0, 0.1) is 0 Å². The lowest BCUT2D eigenvalue weighted by Gasteiger charge is -1.99. The topological polar surface area (TPSA) is 26.3 Å². The van der Waals surface area contributed by atoms with Crippen molar-refractivity contribution < 1.29 is 9.53 Å². The predicted molar refractivity (Wildman–Crippen MR) is 65.9 cm³/mol. The summed E-state index contributed by atoms with van der Waals surface area (Å²) in [6, 6.07) is 0. The molecule has 0 spiro atoms. The van der Waals surface area contributed by atoms with Gasteiger partial charge in [0.1, 0.15) is 0 Å². The molecule has 0 aromatic rings. The molecule has 2 heteroatoms. The second-order valence-electron chi connectivity index (χ2n) is 3.38. The van der Waals surface area contributed by atoms with Crippen molar-refractivity contribution in [2.45, 2.75) is 12.8 Å². The van der Waals surface area contributed by atoms with E-state index in [-0.39, 0.29) is 0 Å². The summed E-state index contributed by atoms with van der Waals surface area (Å²) >= 11 is 0. The minimum Gasteiger partial charge on any atom is -0.466 e. The molecule has 0 saturated heterocycles. The van der Waals surface area contributed by atoms with Gasteiger partial charge in [0, 0.05) is 6.08 Å². The molecule has 0 unspecified atom stereocenters. The molecule has 0 N–H and O–H groups in total. The Kier molecular flexibility index (Phi) is 5.06. The summed E-state index contributed by atoms with van der Waals surface area (Å²) in [6.45, 7) is 3.16. The fourth-order valence-electron chi connectivity index (χ4n) is 1.45. The SMILES string of the molecule is C1=CCC(C2=CC=CC2)=C1.C=CC(=O)OC. The summed E-state index contributed by atoms with van der Waals surface area (Å²) in [6.07, 6.45) is 16.5. The lowest BCUT2D eigenvalue weighted by molar-refractivity contribution is -0.134. The van der Waals surface area contributed by atoms with Crippen LogP contribution in [-0.4, -0.2) is 13.1 Å². The first kappa shape index (κ1) is 12.2. The zero-order valence-corrected chi connectivity index (χ0v) is 9.48. The number of rotatable bonds is 2. The molecule has 2 aliphatic rings. The largest absolute Gasteiger partial charge is 0.466 e. The second kappa shape index (κ2) is 6.62. The average molecular weight is 216 g/mol. The quantitative estimate of drug-likeness (QED) is 0.523. The van der Waals surface area contributed by atoms with Crippen molar-refractivity contribution in [3.05, 3.63) is 60.3 Å². The number of hydrogen-bond donors (Lipinski definition) is 0. The molecular weight excluding hydrogens is 200 g/mol. The van der Waals surface area contributed by atoms with Crippen LogP contribution in [-0.2, 0) is 9.53 Å². The molecule has 84 valence electrons. The van der Waals surface area contributed by atoms with Crippen LogP contribution in [0.5, 0.6) is 0 Å². The molecule has 0 aromatic heterocycles. The van der Waals surface area contributed by atoms with E-state index in [1.165, 1.54) is 18.3 Å². The summed E-state index contributed by atoms with van der Waals surface area (Å²) in [5.41, 5.74) is 2.98. The second-order valence-corrected chi connectivity index (χ2v) is 3.38. The van der Waals surface area contributed by atoms with Crippen molar-refractivity contribution in [2.75, 3.05) is 7.11 Å². The molecule has 16 heavy (non-hydrogen) atoms. The van der Waals surface area contributed by atoms with E-state index in [4.69, 9.17) is 0 Å². The van der Waals surface area contributed by atoms with Gasteiger partial charge in [-0.25, -0.2) is 4.79 Å². The van der Waals surface area contributed by atoms with E-state index in [0.717, 1.165) is 18.9 Å². The van der Waals surface area contributed by atoms with Crippen molar-refractivity contribution in [1.29, 1.82) is 0 Å². The Hall–Kier alpha value is -1.83. The predicted octanol–water partition coefficient (Wildman–Crippen LogP) is 3.10. The lowest BCUT2D eigenvalue weighted by Crippen LogP contribution is -1.91. The van der Waals surface area contributed by atoms with Crippen LogP contribution in [0.15, 0.2) is 60.3 Å². The smallest absolute Gasteiger partial charge is 0.329 e. The third-order valence-electron chi connectivity index (χ3n) is 2.32. The van der Waals surface area contributed by atoms with Gasteiger partial charge in [-0.05, 0) is 24.0 Å². The van der Waals surface area contributed by atoms with Gasteiger partial charge < -0.3 is 4.74 Å². The van der Waals surface area contributed by atoms with Crippen LogP contribution < -0.4 is 0 Å². The van der Waals surface area contributed by atoms with Crippen LogP contribution in [0.2, 0.25) is 0 Å². The Morgan fingerprint density at radius 3 is 1.94 bits per heavy atom. The van der Waals surface area contributed by atoms with E-state index >= 15 is 0 Å². The molecular formula is C14H16O2. The van der Waals surface area contributed by atoms with Crippen LogP contribution in [0.3, 0.4) is 0 Å². The van der Waals surface area contributed by atoms with E-state index in [9.17, 15) is 4.79 Å². The number of allylic oxidation sites excluding steroid dienone is 8.